The summed E-state index contributed by atoms with van der Waals surface area (Å²) in [6, 6.07) is 16.8. The molecule has 0 aliphatic heterocycles. The minimum Gasteiger partial charge on any atom is -0.391 e. The van der Waals surface area contributed by atoms with E-state index in [-0.39, 0.29) is 0 Å². The van der Waals surface area contributed by atoms with Gasteiger partial charge in [-0.2, -0.15) is 0 Å². The van der Waals surface area contributed by atoms with Crippen molar-refractivity contribution in [2.75, 3.05) is 0 Å². The van der Waals surface area contributed by atoms with E-state index >= 15 is 0 Å². The van der Waals surface area contributed by atoms with E-state index in [1.54, 1.807) is 0 Å². The summed E-state index contributed by atoms with van der Waals surface area (Å²) in [6.45, 7) is 0. The molecule has 0 heterocycles. The highest BCUT2D eigenvalue weighted by molar-refractivity contribution is 5.90. The smallest absolute Gasteiger partial charge is 0.330 e. The first kappa shape index (κ1) is 16.9. The standard InChI is InChI=1S/C18H20N2O3/c19-15(11-13-7-3-1-4-8-13)17(21)23-18(22)16(20)12-14-9-5-2-6-10-14/h1-10,15-16H,11-12,19-20H2/t15-,16-/m0/s1. The van der Waals surface area contributed by atoms with E-state index < -0.39 is 24.0 Å². The molecule has 0 aliphatic rings. The molecule has 23 heavy (non-hydrogen) atoms. The van der Waals surface area contributed by atoms with Crippen LogP contribution in [-0.2, 0) is 27.2 Å². The van der Waals surface area contributed by atoms with Gasteiger partial charge in [-0.3, -0.25) is 0 Å². The minimum atomic E-state index is -0.898. The van der Waals surface area contributed by atoms with Crippen molar-refractivity contribution < 1.29 is 14.3 Å². The Labute approximate surface area is 135 Å². The van der Waals surface area contributed by atoms with Gasteiger partial charge in [0.05, 0.1) is 0 Å². The molecule has 2 atom stereocenters. The maximum Gasteiger partial charge on any atom is 0.330 e. The largest absolute Gasteiger partial charge is 0.391 e. The topological polar surface area (TPSA) is 95.4 Å². The summed E-state index contributed by atoms with van der Waals surface area (Å²) in [4.78, 5) is 23.8. The summed E-state index contributed by atoms with van der Waals surface area (Å²) in [5, 5.41) is 0. The first-order valence-corrected chi connectivity index (χ1v) is 7.41. The molecule has 0 unspecified atom stereocenters. The lowest BCUT2D eigenvalue weighted by Crippen LogP contribution is -2.41. The van der Waals surface area contributed by atoms with Gasteiger partial charge < -0.3 is 16.2 Å². The van der Waals surface area contributed by atoms with E-state index in [1.807, 2.05) is 60.7 Å². The van der Waals surface area contributed by atoms with Gasteiger partial charge in [0.25, 0.3) is 0 Å². The molecule has 2 aromatic carbocycles. The third-order valence-electron chi connectivity index (χ3n) is 3.40. The van der Waals surface area contributed by atoms with Crippen LogP contribution in [0.5, 0.6) is 0 Å². The van der Waals surface area contributed by atoms with E-state index in [9.17, 15) is 9.59 Å². The Morgan fingerprint density at radius 1 is 0.739 bits per heavy atom. The van der Waals surface area contributed by atoms with Gasteiger partial charge in [-0.05, 0) is 24.0 Å². The number of benzene rings is 2. The number of carbonyl (C=O) groups excluding carboxylic acids is 2. The van der Waals surface area contributed by atoms with Crippen molar-refractivity contribution in [3.05, 3.63) is 71.8 Å². The average molecular weight is 312 g/mol. The second-order valence-electron chi connectivity index (χ2n) is 5.33. The molecule has 2 rings (SSSR count). The first-order valence-electron chi connectivity index (χ1n) is 7.41. The van der Waals surface area contributed by atoms with E-state index in [0.29, 0.717) is 12.8 Å². The maximum atomic E-state index is 11.9. The van der Waals surface area contributed by atoms with Gasteiger partial charge in [0.15, 0.2) is 0 Å². The van der Waals surface area contributed by atoms with E-state index in [4.69, 9.17) is 16.2 Å². The Morgan fingerprint density at radius 2 is 1.09 bits per heavy atom. The van der Waals surface area contributed by atoms with Crippen LogP contribution in [0.2, 0.25) is 0 Å². The van der Waals surface area contributed by atoms with Gasteiger partial charge in [0, 0.05) is 0 Å². The van der Waals surface area contributed by atoms with Crippen LogP contribution in [0.25, 0.3) is 0 Å². The SMILES string of the molecule is N[C@@H](Cc1ccccc1)C(=O)OC(=O)[C@@H](N)Cc1ccccc1. The fourth-order valence-electron chi connectivity index (χ4n) is 2.15. The zero-order chi connectivity index (χ0) is 16.7. The molecule has 120 valence electrons. The van der Waals surface area contributed by atoms with Gasteiger partial charge in [-0.1, -0.05) is 60.7 Å². The van der Waals surface area contributed by atoms with Crippen molar-refractivity contribution in [1.29, 1.82) is 0 Å². The van der Waals surface area contributed by atoms with Crippen molar-refractivity contribution >= 4 is 11.9 Å². The highest BCUT2D eigenvalue weighted by Crippen LogP contribution is 2.06. The Bertz CT molecular complexity index is 586. The highest BCUT2D eigenvalue weighted by atomic mass is 16.6. The molecule has 0 aromatic heterocycles. The summed E-state index contributed by atoms with van der Waals surface area (Å²) < 4.78 is 4.79. The Balaban J connectivity index is 1.85. The van der Waals surface area contributed by atoms with Crippen LogP contribution in [0, 0.1) is 0 Å². The van der Waals surface area contributed by atoms with Crippen molar-refractivity contribution in [3.63, 3.8) is 0 Å². The number of nitrogens with two attached hydrogens (primary N) is 2. The van der Waals surface area contributed by atoms with Crippen molar-refractivity contribution in [2.24, 2.45) is 11.5 Å². The van der Waals surface area contributed by atoms with Crippen LogP contribution in [0.4, 0.5) is 0 Å². The zero-order valence-corrected chi connectivity index (χ0v) is 12.7. The van der Waals surface area contributed by atoms with Crippen LogP contribution >= 0.6 is 0 Å². The number of carbonyl (C=O) groups is 2. The monoisotopic (exact) mass is 312 g/mol. The molecule has 0 fully saturated rings. The van der Waals surface area contributed by atoms with Gasteiger partial charge in [0.2, 0.25) is 0 Å². The van der Waals surface area contributed by atoms with E-state index in [0.717, 1.165) is 11.1 Å². The van der Waals surface area contributed by atoms with Crippen LogP contribution in [0.1, 0.15) is 11.1 Å². The number of esters is 2. The quantitative estimate of drug-likeness (QED) is 0.617. The fraction of sp³-hybridized carbons (Fsp3) is 0.222. The average Bonchev–Trinajstić information content (AvgIpc) is 2.56. The molecule has 2 aromatic rings. The summed E-state index contributed by atoms with van der Waals surface area (Å²) in [6.07, 6.45) is 0.613. The minimum absolute atomic E-state index is 0.306. The molecule has 0 spiro atoms. The normalized spacial score (nSPS) is 13.1. The predicted octanol–water partition coefficient (Wildman–Crippen LogP) is 1.20. The molecule has 5 nitrogen and oxygen atoms in total. The summed E-state index contributed by atoms with van der Waals surface area (Å²) in [5.74, 6) is -1.52. The van der Waals surface area contributed by atoms with Gasteiger partial charge >= 0.3 is 11.9 Å². The molecular weight excluding hydrogens is 292 g/mol. The Kier molecular flexibility index (Phi) is 6.02. The lowest BCUT2D eigenvalue weighted by atomic mass is 10.1. The van der Waals surface area contributed by atoms with Gasteiger partial charge in [0.1, 0.15) is 12.1 Å². The second kappa shape index (κ2) is 8.22. The summed E-state index contributed by atoms with van der Waals surface area (Å²) in [7, 11) is 0. The number of hydrogen-bond acceptors (Lipinski definition) is 5. The molecular formula is C18H20N2O3. The Morgan fingerprint density at radius 3 is 1.43 bits per heavy atom. The van der Waals surface area contributed by atoms with Gasteiger partial charge in [-0.25, -0.2) is 9.59 Å². The summed E-state index contributed by atoms with van der Waals surface area (Å²) >= 11 is 0. The molecule has 4 N–H and O–H groups in total. The van der Waals surface area contributed by atoms with Crippen LogP contribution in [0.3, 0.4) is 0 Å². The maximum absolute atomic E-state index is 11.9. The molecule has 0 saturated carbocycles. The van der Waals surface area contributed by atoms with Crippen LogP contribution in [0.15, 0.2) is 60.7 Å². The predicted molar refractivity (Wildman–Crippen MR) is 87.3 cm³/mol. The molecule has 5 heteroatoms. The van der Waals surface area contributed by atoms with Crippen LogP contribution < -0.4 is 11.5 Å². The molecule has 0 radical (unpaired) electrons. The zero-order valence-electron chi connectivity index (χ0n) is 12.7. The molecule has 0 amide bonds. The molecule has 0 bridgehead atoms. The number of rotatable bonds is 6. The van der Waals surface area contributed by atoms with Gasteiger partial charge in [-0.15, -0.1) is 0 Å². The lowest BCUT2D eigenvalue weighted by Gasteiger charge is -2.13. The summed E-state index contributed by atoms with van der Waals surface area (Å²) in [5.41, 5.74) is 13.4. The lowest BCUT2D eigenvalue weighted by molar-refractivity contribution is -0.161. The van der Waals surface area contributed by atoms with Crippen molar-refractivity contribution in [3.8, 4) is 0 Å². The third kappa shape index (κ3) is 5.32. The van der Waals surface area contributed by atoms with E-state index in [1.165, 1.54) is 0 Å². The van der Waals surface area contributed by atoms with Crippen molar-refractivity contribution in [1.82, 2.24) is 0 Å². The van der Waals surface area contributed by atoms with Crippen molar-refractivity contribution in [2.45, 2.75) is 24.9 Å². The fourth-order valence-corrected chi connectivity index (χ4v) is 2.15. The molecule has 0 aliphatic carbocycles. The highest BCUT2D eigenvalue weighted by Gasteiger charge is 2.23. The Hall–Kier alpha value is -2.50. The number of ether oxygens (including phenoxy) is 1. The third-order valence-corrected chi connectivity index (χ3v) is 3.40. The number of hydrogen-bond donors (Lipinski definition) is 2. The second-order valence-corrected chi connectivity index (χ2v) is 5.33. The van der Waals surface area contributed by atoms with Crippen LogP contribution in [-0.4, -0.2) is 24.0 Å². The van der Waals surface area contributed by atoms with E-state index in [2.05, 4.69) is 0 Å². The molecule has 0 saturated heterocycles. The first-order chi connectivity index (χ1) is 11.1.